The van der Waals surface area contributed by atoms with Gasteiger partial charge < -0.3 is 16.0 Å². The summed E-state index contributed by atoms with van der Waals surface area (Å²) in [6.07, 6.45) is 2.42. The molecule has 2 aromatic heterocycles. The minimum atomic E-state index is -0.585. The van der Waals surface area contributed by atoms with Crippen LogP contribution in [0.5, 0.6) is 0 Å². The quantitative estimate of drug-likeness (QED) is 0.673. The average Bonchev–Trinajstić information content (AvgIpc) is 3.14. The monoisotopic (exact) mass is 328 g/mol. The second kappa shape index (κ2) is 6.52. The number of thiazole rings is 1. The Morgan fingerprint density at radius 3 is 2.96 bits per heavy atom. The number of benzene rings is 1. The smallest absolute Gasteiger partial charge is 0.237 e. The van der Waals surface area contributed by atoms with Crippen LogP contribution in [0.2, 0.25) is 0 Å². The zero-order valence-corrected chi connectivity index (χ0v) is 14.0. The van der Waals surface area contributed by atoms with Crippen LogP contribution in [-0.4, -0.2) is 21.9 Å². The van der Waals surface area contributed by atoms with Crippen molar-refractivity contribution >= 4 is 28.1 Å². The van der Waals surface area contributed by atoms with Gasteiger partial charge in [-0.3, -0.25) is 4.79 Å². The fraction of sp³-hybridized carbons (Fsp3) is 0.294. The van der Waals surface area contributed by atoms with Gasteiger partial charge in [-0.25, -0.2) is 4.98 Å². The molecule has 0 bridgehead atoms. The van der Waals surface area contributed by atoms with Crippen molar-refractivity contribution in [3.8, 4) is 0 Å². The summed E-state index contributed by atoms with van der Waals surface area (Å²) >= 11 is 1.55. The molecule has 2 heterocycles. The van der Waals surface area contributed by atoms with Gasteiger partial charge in [0.15, 0.2) is 0 Å². The highest BCUT2D eigenvalue weighted by Gasteiger charge is 2.19. The van der Waals surface area contributed by atoms with Crippen molar-refractivity contribution in [2.45, 2.75) is 32.4 Å². The van der Waals surface area contributed by atoms with E-state index < -0.39 is 6.04 Å². The lowest BCUT2D eigenvalue weighted by atomic mass is 10.0. The van der Waals surface area contributed by atoms with Crippen molar-refractivity contribution in [1.82, 2.24) is 15.3 Å². The summed E-state index contributed by atoms with van der Waals surface area (Å²) in [6, 6.07) is 7.29. The molecule has 2 atom stereocenters. The van der Waals surface area contributed by atoms with Gasteiger partial charge >= 0.3 is 0 Å². The van der Waals surface area contributed by atoms with Crippen LogP contribution in [0, 0.1) is 6.92 Å². The van der Waals surface area contributed by atoms with Crippen molar-refractivity contribution in [2.24, 2.45) is 5.73 Å². The lowest BCUT2D eigenvalue weighted by Gasteiger charge is -2.15. The number of nitrogens with two attached hydrogens (primary N) is 1. The van der Waals surface area contributed by atoms with Crippen molar-refractivity contribution in [2.75, 3.05) is 0 Å². The maximum absolute atomic E-state index is 12.3. The average molecular weight is 328 g/mol. The third-order valence-corrected chi connectivity index (χ3v) is 4.96. The summed E-state index contributed by atoms with van der Waals surface area (Å²) in [4.78, 5) is 19.9. The van der Waals surface area contributed by atoms with Gasteiger partial charge in [-0.1, -0.05) is 18.2 Å². The van der Waals surface area contributed by atoms with Gasteiger partial charge in [0.25, 0.3) is 0 Å². The minimum Gasteiger partial charge on any atom is -0.361 e. The first-order chi connectivity index (χ1) is 11.0. The summed E-state index contributed by atoms with van der Waals surface area (Å²) in [5.41, 5.74) is 9.17. The first kappa shape index (κ1) is 15.7. The molecule has 0 radical (unpaired) electrons. The number of aryl methyl sites for hydroxylation is 1. The summed E-state index contributed by atoms with van der Waals surface area (Å²) in [6.45, 7) is 3.87. The molecule has 6 heteroatoms. The topological polar surface area (TPSA) is 83.8 Å². The second-order valence-corrected chi connectivity index (χ2v) is 6.62. The van der Waals surface area contributed by atoms with Crippen LogP contribution in [0.3, 0.4) is 0 Å². The Bertz CT molecular complexity index is 823. The number of carbonyl (C=O) groups excluding carboxylic acids is 1. The molecule has 0 saturated heterocycles. The number of rotatable bonds is 5. The fourth-order valence-electron chi connectivity index (χ4n) is 2.58. The maximum Gasteiger partial charge on any atom is 0.237 e. The molecule has 23 heavy (non-hydrogen) atoms. The van der Waals surface area contributed by atoms with E-state index in [4.69, 9.17) is 5.73 Å². The lowest BCUT2D eigenvalue weighted by Crippen LogP contribution is -2.42. The molecular formula is C17H20N4OS. The zero-order chi connectivity index (χ0) is 16.4. The first-order valence-corrected chi connectivity index (χ1v) is 8.45. The molecule has 120 valence electrons. The molecule has 1 amide bonds. The predicted molar refractivity (Wildman–Crippen MR) is 93.4 cm³/mol. The van der Waals surface area contributed by atoms with E-state index in [2.05, 4.69) is 15.3 Å². The lowest BCUT2D eigenvalue weighted by molar-refractivity contribution is -0.123. The molecule has 0 fully saturated rings. The predicted octanol–water partition coefficient (Wildman–Crippen LogP) is 2.68. The van der Waals surface area contributed by atoms with Gasteiger partial charge in [-0.05, 0) is 31.9 Å². The fourth-order valence-corrected chi connectivity index (χ4v) is 3.39. The highest BCUT2D eigenvalue weighted by molar-refractivity contribution is 7.09. The molecule has 5 nitrogen and oxygen atoms in total. The standard InChI is InChI=1S/C17H20N4OS/c1-10-9-23-17(20-10)11(2)21-16(22)14(18)7-12-8-19-15-6-4-3-5-13(12)15/h3-6,8-9,11,14,19H,7,18H2,1-2H3,(H,21,22)/t11?,14-/m0/s1. The third-order valence-electron chi connectivity index (χ3n) is 3.82. The van der Waals surface area contributed by atoms with Crippen LogP contribution in [-0.2, 0) is 11.2 Å². The van der Waals surface area contributed by atoms with E-state index in [1.54, 1.807) is 11.3 Å². The zero-order valence-electron chi connectivity index (χ0n) is 13.2. The molecule has 0 aliphatic heterocycles. The van der Waals surface area contributed by atoms with Crippen molar-refractivity contribution in [3.05, 3.63) is 52.1 Å². The Morgan fingerprint density at radius 2 is 2.22 bits per heavy atom. The number of amides is 1. The van der Waals surface area contributed by atoms with E-state index in [-0.39, 0.29) is 11.9 Å². The molecule has 0 aliphatic carbocycles. The maximum atomic E-state index is 12.3. The molecule has 1 aromatic carbocycles. The number of para-hydroxylation sites is 1. The number of aromatic amines is 1. The van der Waals surface area contributed by atoms with Gasteiger partial charge in [0.05, 0.1) is 12.1 Å². The molecular weight excluding hydrogens is 308 g/mol. The highest BCUT2D eigenvalue weighted by Crippen LogP contribution is 2.20. The Labute approximate surface area is 138 Å². The van der Waals surface area contributed by atoms with Crippen molar-refractivity contribution < 1.29 is 4.79 Å². The summed E-state index contributed by atoms with van der Waals surface area (Å²) in [7, 11) is 0. The molecule has 3 aromatic rings. The van der Waals surface area contributed by atoms with Crippen molar-refractivity contribution in [1.29, 1.82) is 0 Å². The molecule has 4 N–H and O–H groups in total. The SMILES string of the molecule is Cc1csc(C(C)NC(=O)[C@@H](N)Cc2c[nH]c3ccccc23)n1. The van der Waals surface area contributed by atoms with E-state index in [1.165, 1.54) is 0 Å². The number of aromatic nitrogens is 2. The van der Waals surface area contributed by atoms with E-state index in [0.717, 1.165) is 27.2 Å². The Morgan fingerprint density at radius 1 is 1.43 bits per heavy atom. The number of carbonyl (C=O) groups is 1. The van der Waals surface area contributed by atoms with Gasteiger partial charge in [0.2, 0.25) is 5.91 Å². The molecule has 0 aliphatic rings. The van der Waals surface area contributed by atoms with E-state index in [9.17, 15) is 4.79 Å². The van der Waals surface area contributed by atoms with Crippen LogP contribution in [0.4, 0.5) is 0 Å². The van der Waals surface area contributed by atoms with E-state index in [1.807, 2.05) is 49.7 Å². The Balaban J connectivity index is 1.65. The van der Waals surface area contributed by atoms with E-state index in [0.29, 0.717) is 6.42 Å². The normalized spacial score (nSPS) is 13.9. The van der Waals surface area contributed by atoms with Crippen LogP contribution < -0.4 is 11.1 Å². The van der Waals surface area contributed by atoms with Crippen LogP contribution in [0.1, 0.15) is 29.2 Å². The van der Waals surface area contributed by atoms with Gasteiger partial charge in [-0.15, -0.1) is 11.3 Å². The molecule has 1 unspecified atom stereocenters. The Kier molecular flexibility index (Phi) is 4.45. The Hall–Kier alpha value is -2.18. The van der Waals surface area contributed by atoms with Gasteiger partial charge in [-0.2, -0.15) is 0 Å². The van der Waals surface area contributed by atoms with Crippen LogP contribution >= 0.6 is 11.3 Å². The summed E-state index contributed by atoms with van der Waals surface area (Å²) in [5, 5.41) is 6.93. The number of nitrogens with one attached hydrogen (secondary N) is 2. The summed E-state index contributed by atoms with van der Waals surface area (Å²) in [5.74, 6) is -0.157. The van der Waals surface area contributed by atoms with Crippen molar-refractivity contribution in [3.63, 3.8) is 0 Å². The second-order valence-electron chi connectivity index (χ2n) is 5.73. The summed E-state index contributed by atoms with van der Waals surface area (Å²) < 4.78 is 0. The number of fused-ring (bicyclic) bond motifs is 1. The highest BCUT2D eigenvalue weighted by atomic mass is 32.1. The number of hydrogen-bond acceptors (Lipinski definition) is 4. The van der Waals surface area contributed by atoms with Crippen LogP contribution in [0.15, 0.2) is 35.8 Å². The largest absolute Gasteiger partial charge is 0.361 e. The number of hydrogen-bond donors (Lipinski definition) is 3. The van der Waals surface area contributed by atoms with Gasteiger partial charge in [0.1, 0.15) is 5.01 Å². The minimum absolute atomic E-state index is 0.129. The van der Waals surface area contributed by atoms with E-state index >= 15 is 0 Å². The third kappa shape index (κ3) is 3.43. The molecule has 0 saturated carbocycles. The number of nitrogens with zero attached hydrogens (tertiary/aromatic N) is 1. The van der Waals surface area contributed by atoms with Crippen LogP contribution in [0.25, 0.3) is 10.9 Å². The molecule has 0 spiro atoms. The first-order valence-electron chi connectivity index (χ1n) is 7.57. The molecule has 3 rings (SSSR count). The number of H-pyrrole nitrogens is 1. The van der Waals surface area contributed by atoms with Gasteiger partial charge in [0, 0.05) is 28.2 Å².